The Morgan fingerprint density at radius 2 is 2.05 bits per heavy atom. The molecule has 0 unspecified atom stereocenters. The number of unbranched alkanes of at least 4 members (excludes halogenated alkanes) is 3. The molecule has 0 spiro atoms. The molecule has 0 bridgehead atoms. The number of carbonyl (C=O) groups excluding carboxylic acids is 2. The molecule has 0 aliphatic carbocycles. The molecule has 1 rings (SSSR count). The molecule has 0 aliphatic heterocycles. The van der Waals surface area contributed by atoms with Crippen molar-refractivity contribution in [2.24, 2.45) is 0 Å². The second kappa shape index (κ2) is 8.29. The van der Waals surface area contributed by atoms with E-state index < -0.39 is 0 Å². The first-order chi connectivity index (χ1) is 9.13. The van der Waals surface area contributed by atoms with Crippen LogP contribution in [0.4, 0.5) is 0 Å². The van der Waals surface area contributed by atoms with E-state index in [9.17, 15) is 9.59 Å². The lowest BCUT2D eigenvalue weighted by atomic mass is 10.1. The number of hydrogen-bond donors (Lipinski definition) is 2. The Bertz CT molecular complexity index is 415. The minimum Gasteiger partial charge on any atom is -0.469 e. The number of aromatic nitrogens is 2. The first-order valence-corrected chi connectivity index (χ1v) is 6.50. The van der Waals surface area contributed by atoms with Gasteiger partial charge in [0.2, 0.25) is 0 Å². The smallest absolute Gasteiger partial charge is 0.305 e. The maximum absolute atomic E-state index is 11.6. The number of H-pyrrole nitrogens is 1. The van der Waals surface area contributed by atoms with E-state index in [1.54, 1.807) is 6.07 Å². The lowest BCUT2D eigenvalue weighted by Gasteiger charge is -2.03. The van der Waals surface area contributed by atoms with Crippen LogP contribution >= 0.6 is 0 Å². The third-order valence-corrected chi connectivity index (χ3v) is 2.76. The third kappa shape index (κ3) is 6.03. The van der Waals surface area contributed by atoms with Gasteiger partial charge in [0.05, 0.1) is 7.11 Å². The van der Waals surface area contributed by atoms with Crippen molar-refractivity contribution < 1.29 is 14.3 Å². The SMILES string of the molecule is COC(=O)CCCCCCNC(=O)c1cc(C)[nH]n1. The molecular weight excluding hydrogens is 246 g/mol. The quantitative estimate of drug-likeness (QED) is 0.553. The van der Waals surface area contributed by atoms with Crippen molar-refractivity contribution in [3.63, 3.8) is 0 Å². The zero-order chi connectivity index (χ0) is 14.1. The first-order valence-electron chi connectivity index (χ1n) is 6.50. The van der Waals surface area contributed by atoms with Crippen LogP contribution in [0.25, 0.3) is 0 Å². The number of methoxy groups -OCH3 is 1. The molecule has 0 fully saturated rings. The minimum atomic E-state index is -0.165. The summed E-state index contributed by atoms with van der Waals surface area (Å²) in [6, 6.07) is 1.71. The number of nitrogens with one attached hydrogen (secondary N) is 2. The predicted molar refractivity (Wildman–Crippen MR) is 70.8 cm³/mol. The van der Waals surface area contributed by atoms with E-state index in [4.69, 9.17) is 0 Å². The van der Waals surface area contributed by atoms with Gasteiger partial charge in [0.15, 0.2) is 0 Å². The maximum Gasteiger partial charge on any atom is 0.305 e. The molecule has 1 aromatic heterocycles. The van der Waals surface area contributed by atoms with Crippen molar-refractivity contribution in [3.8, 4) is 0 Å². The molecule has 0 radical (unpaired) electrons. The number of aryl methyl sites for hydroxylation is 1. The Morgan fingerprint density at radius 1 is 1.32 bits per heavy atom. The second-order valence-electron chi connectivity index (χ2n) is 4.43. The van der Waals surface area contributed by atoms with Crippen LogP contribution in [-0.2, 0) is 9.53 Å². The Labute approximate surface area is 112 Å². The maximum atomic E-state index is 11.6. The monoisotopic (exact) mass is 267 g/mol. The van der Waals surface area contributed by atoms with Crippen molar-refractivity contribution in [1.29, 1.82) is 0 Å². The average Bonchev–Trinajstić information content (AvgIpc) is 2.83. The Hall–Kier alpha value is -1.85. The van der Waals surface area contributed by atoms with E-state index in [0.29, 0.717) is 18.7 Å². The fraction of sp³-hybridized carbons (Fsp3) is 0.615. The molecule has 2 N–H and O–H groups in total. The lowest BCUT2D eigenvalue weighted by molar-refractivity contribution is -0.140. The number of hydrogen-bond acceptors (Lipinski definition) is 4. The molecular formula is C13H21N3O3. The Balaban J connectivity index is 2.02. The van der Waals surface area contributed by atoms with Crippen LogP contribution in [0.1, 0.15) is 48.3 Å². The fourth-order valence-electron chi connectivity index (χ4n) is 1.68. The van der Waals surface area contributed by atoms with Gasteiger partial charge in [-0.3, -0.25) is 14.7 Å². The van der Waals surface area contributed by atoms with Crippen LogP contribution in [-0.4, -0.2) is 35.7 Å². The molecule has 1 heterocycles. The van der Waals surface area contributed by atoms with E-state index in [0.717, 1.165) is 31.4 Å². The number of esters is 1. The standard InChI is InChI=1S/C13H21N3O3/c1-10-9-11(16-15-10)13(18)14-8-6-4-3-5-7-12(17)19-2/h9H,3-8H2,1-2H3,(H,14,18)(H,15,16). The molecule has 0 saturated heterocycles. The molecule has 19 heavy (non-hydrogen) atoms. The van der Waals surface area contributed by atoms with Crippen LogP contribution in [0.3, 0.4) is 0 Å². The Morgan fingerprint density at radius 3 is 2.68 bits per heavy atom. The third-order valence-electron chi connectivity index (χ3n) is 2.76. The molecule has 0 aromatic carbocycles. The van der Waals surface area contributed by atoms with Crippen LogP contribution in [0.15, 0.2) is 6.07 Å². The van der Waals surface area contributed by atoms with Crippen molar-refractivity contribution in [2.45, 2.75) is 39.0 Å². The van der Waals surface area contributed by atoms with Crippen LogP contribution < -0.4 is 5.32 Å². The van der Waals surface area contributed by atoms with Crippen molar-refractivity contribution in [3.05, 3.63) is 17.5 Å². The zero-order valence-electron chi connectivity index (χ0n) is 11.5. The van der Waals surface area contributed by atoms with E-state index in [2.05, 4.69) is 20.3 Å². The summed E-state index contributed by atoms with van der Waals surface area (Å²) >= 11 is 0. The molecule has 6 nitrogen and oxygen atoms in total. The molecule has 0 saturated carbocycles. The summed E-state index contributed by atoms with van der Waals surface area (Å²) < 4.78 is 4.55. The van der Waals surface area contributed by atoms with Crippen LogP contribution in [0, 0.1) is 6.92 Å². The van der Waals surface area contributed by atoms with Crippen LogP contribution in [0.2, 0.25) is 0 Å². The molecule has 106 valence electrons. The summed E-state index contributed by atoms with van der Waals surface area (Å²) in [6.07, 6.45) is 4.15. The first kappa shape index (κ1) is 15.2. The molecule has 0 aliphatic rings. The van der Waals surface area contributed by atoms with Gasteiger partial charge in [-0.05, 0) is 25.8 Å². The number of carbonyl (C=O) groups is 2. The summed E-state index contributed by atoms with van der Waals surface area (Å²) in [6.45, 7) is 2.48. The normalized spacial score (nSPS) is 10.2. The van der Waals surface area contributed by atoms with Crippen molar-refractivity contribution in [2.75, 3.05) is 13.7 Å². The average molecular weight is 267 g/mol. The highest BCUT2D eigenvalue weighted by molar-refractivity contribution is 5.92. The van der Waals surface area contributed by atoms with E-state index in [1.807, 2.05) is 6.92 Å². The molecule has 1 aromatic rings. The van der Waals surface area contributed by atoms with Gasteiger partial charge in [0, 0.05) is 18.7 Å². The van der Waals surface area contributed by atoms with Gasteiger partial charge >= 0.3 is 5.97 Å². The zero-order valence-corrected chi connectivity index (χ0v) is 11.5. The topological polar surface area (TPSA) is 84.1 Å². The predicted octanol–water partition coefficient (Wildman–Crippen LogP) is 1.57. The largest absolute Gasteiger partial charge is 0.469 e. The van der Waals surface area contributed by atoms with Crippen molar-refractivity contribution >= 4 is 11.9 Å². The summed E-state index contributed by atoms with van der Waals surface area (Å²) in [5.41, 5.74) is 1.29. The number of aromatic amines is 1. The lowest BCUT2D eigenvalue weighted by Crippen LogP contribution is -2.24. The van der Waals surface area contributed by atoms with Gasteiger partial charge in [-0.2, -0.15) is 5.10 Å². The highest BCUT2D eigenvalue weighted by Crippen LogP contribution is 2.03. The number of ether oxygens (including phenoxy) is 1. The highest BCUT2D eigenvalue weighted by Gasteiger charge is 2.07. The van der Waals surface area contributed by atoms with Gasteiger partial charge in [0.1, 0.15) is 5.69 Å². The summed E-state index contributed by atoms with van der Waals surface area (Å²) in [5.74, 6) is -0.318. The summed E-state index contributed by atoms with van der Waals surface area (Å²) in [4.78, 5) is 22.5. The van der Waals surface area contributed by atoms with Gasteiger partial charge in [0.25, 0.3) is 5.91 Å². The van der Waals surface area contributed by atoms with Gasteiger partial charge in [-0.25, -0.2) is 0 Å². The van der Waals surface area contributed by atoms with Gasteiger partial charge in [-0.15, -0.1) is 0 Å². The van der Waals surface area contributed by atoms with E-state index in [-0.39, 0.29) is 11.9 Å². The minimum absolute atomic E-state index is 0.154. The molecule has 1 amide bonds. The molecule has 0 atom stereocenters. The van der Waals surface area contributed by atoms with Crippen LogP contribution in [0.5, 0.6) is 0 Å². The highest BCUT2D eigenvalue weighted by atomic mass is 16.5. The fourth-order valence-corrected chi connectivity index (χ4v) is 1.68. The van der Waals surface area contributed by atoms with Gasteiger partial charge in [-0.1, -0.05) is 12.8 Å². The summed E-state index contributed by atoms with van der Waals surface area (Å²) in [5, 5.41) is 9.42. The van der Waals surface area contributed by atoms with E-state index in [1.165, 1.54) is 7.11 Å². The van der Waals surface area contributed by atoms with Gasteiger partial charge < -0.3 is 10.1 Å². The van der Waals surface area contributed by atoms with Crippen molar-refractivity contribution in [1.82, 2.24) is 15.5 Å². The molecule has 6 heteroatoms. The number of rotatable bonds is 8. The number of amides is 1. The second-order valence-corrected chi connectivity index (χ2v) is 4.43. The van der Waals surface area contributed by atoms with E-state index >= 15 is 0 Å². The Kier molecular flexibility index (Phi) is 6.63. The number of nitrogens with zero attached hydrogens (tertiary/aromatic N) is 1. The summed E-state index contributed by atoms with van der Waals surface area (Å²) in [7, 11) is 1.40.